The normalized spacial score (nSPS) is 18.2. The van der Waals surface area contributed by atoms with Crippen LogP contribution < -0.4 is 0 Å². The first-order chi connectivity index (χ1) is 13.0. The van der Waals surface area contributed by atoms with Gasteiger partial charge in [-0.25, -0.2) is 0 Å². The van der Waals surface area contributed by atoms with Gasteiger partial charge in [-0.15, -0.1) is 0 Å². The molecule has 2 aliphatic heterocycles. The molecule has 0 unspecified atom stereocenters. The molecule has 0 radical (unpaired) electrons. The Morgan fingerprint density at radius 1 is 0.741 bits per heavy atom. The van der Waals surface area contributed by atoms with Crippen LogP contribution in [0.3, 0.4) is 0 Å². The Kier molecular flexibility index (Phi) is 5.19. The highest BCUT2D eigenvalue weighted by molar-refractivity contribution is 6.36. The van der Waals surface area contributed by atoms with Crippen molar-refractivity contribution >= 4 is 35.0 Å². The highest BCUT2D eigenvalue weighted by atomic mass is 35.5. The molecule has 0 saturated carbocycles. The summed E-state index contributed by atoms with van der Waals surface area (Å²) in [5.41, 5.74) is 1.93. The summed E-state index contributed by atoms with van der Waals surface area (Å²) in [6.45, 7) is 4.22. The van der Waals surface area contributed by atoms with E-state index in [1.807, 2.05) is 18.2 Å². The summed E-state index contributed by atoms with van der Waals surface area (Å²) in [6, 6.07) is 12.5. The number of carbonyl (C=O) groups excluding carboxylic acids is 2. The predicted octanol–water partition coefficient (Wildman–Crippen LogP) is 3.36. The Hall–Kier alpha value is -1.92. The predicted molar refractivity (Wildman–Crippen MR) is 105 cm³/mol. The quantitative estimate of drug-likeness (QED) is 0.734. The second kappa shape index (κ2) is 7.60. The molecule has 1 fully saturated rings. The van der Waals surface area contributed by atoms with Crippen LogP contribution in [0.4, 0.5) is 0 Å². The molecule has 1 saturated heterocycles. The van der Waals surface area contributed by atoms with Crippen molar-refractivity contribution < 1.29 is 9.59 Å². The zero-order valence-corrected chi connectivity index (χ0v) is 16.2. The minimum atomic E-state index is -0.208. The molecule has 4 rings (SSSR count). The summed E-state index contributed by atoms with van der Waals surface area (Å²) in [5, 5.41) is 1.35. The summed E-state index contributed by atoms with van der Waals surface area (Å²) >= 11 is 12.5. The van der Waals surface area contributed by atoms with Gasteiger partial charge in [-0.2, -0.15) is 0 Å². The molecule has 7 heteroatoms. The van der Waals surface area contributed by atoms with Crippen LogP contribution in [-0.4, -0.2) is 59.4 Å². The lowest BCUT2D eigenvalue weighted by Crippen LogP contribution is -2.50. The molecule has 0 aromatic heterocycles. The van der Waals surface area contributed by atoms with Gasteiger partial charge in [0.25, 0.3) is 11.8 Å². The molecule has 0 bridgehead atoms. The van der Waals surface area contributed by atoms with Crippen LogP contribution in [0.25, 0.3) is 0 Å². The molecule has 27 heavy (non-hydrogen) atoms. The number of rotatable bonds is 4. The molecule has 0 spiro atoms. The molecule has 2 heterocycles. The van der Waals surface area contributed by atoms with Gasteiger partial charge >= 0.3 is 0 Å². The summed E-state index contributed by atoms with van der Waals surface area (Å²) in [4.78, 5) is 30.8. The lowest BCUT2D eigenvalue weighted by atomic mass is 10.1. The third-order valence-electron chi connectivity index (χ3n) is 5.13. The summed E-state index contributed by atoms with van der Waals surface area (Å²) in [5.74, 6) is -0.415. The molecular formula is C20H19Cl2N3O2. The monoisotopic (exact) mass is 403 g/mol. The van der Waals surface area contributed by atoms with Crippen LogP contribution in [0.5, 0.6) is 0 Å². The van der Waals surface area contributed by atoms with Crippen molar-refractivity contribution in [2.45, 2.75) is 6.54 Å². The number of carbonyl (C=O) groups is 2. The maximum absolute atomic E-state index is 12.5. The van der Waals surface area contributed by atoms with Crippen LogP contribution >= 0.6 is 23.2 Å². The van der Waals surface area contributed by atoms with E-state index in [4.69, 9.17) is 23.2 Å². The minimum absolute atomic E-state index is 0.208. The maximum atomic E-state index is 12.5. The van der Waals surface area contributed by atoms with E-state index in [2.05, 4.69) is 9.80 Å². The molecule has 5 nitrogen and oxygen atoms in total. The lowest BCUT2D eigenvalue weighted by Gasteiger charge is -2.36. The largest absolute Gasteiger partial charge is 0.296 e. The first-order valence-electron chi connectivity index (χ1n) is 8.87. The van der Waals surface area contributed by atoms with E-state index in [1.165, 1.54) is 4.90 Å². The van der Waals surface area contributed by atoms with Gasteiger partial charge in [0.1, 0.15) is 0 Å². The third-order valence-corrected chi connectivity index (χ3v) is 5.84. The summed E-state index contributed by atoms with van der Waals surface area (Å²) in [6.07, 6.45) is 0. The Morgan fingerprint density at radius 3 is 1.81 bits per heavy atom. The topological polar surface area (TPSA) is 43.9 Å². The van der Waals surface area contributed by atoms with Crippen molar-refractivity contribution in [3.05, 3.63) is 69.2 Å². The number of imide groups is 1. The highest BCUT2D eigenvalue weighted by Gasteiger charge is 2.36. The lowest BCUT2D eigenvalue weighted by molar-refractivity contribution is 0.0447. The molecule has 140 valence electrons. The van der Waals surface area contributed by atoms with Crippen molar-refractivity contribution in [1.29, 1.82) is 0 Å². The van der Waals surface area contributed by atoms with Crippen LogP contribution in [-0.2, 0) is 6.54 Å². The number of hydrogen-bond donors (Lipinski definition) is 0. The number of fused-ring (bicyclic) bond motifs is 1. The molecule has 2 aliphatic rings. The van der Waals surface area contributed by atoms with Crippen molar-refractivity contribution in [2.24, 2.45) is 0 Å². The molecule has 0 aliphatic carbocycles. The number of piperazine rings is 1. The molecular weight excluding hydrogens is 385 g/mol. The highest BCUT2D eigenvalue weighted by Crippen LogP contribution is 2.26. The SMILES string of the molecule is O=C1c2ccccc2C(=O)N1CN1CCN(Cc2c(Cl)cccc2Cl)CC1. The fourth-order valence-electron chi connectivity index (χ4n) is 3.56. The number of benzene rings is 2. The molecule has 2 aromatic carbocycles. The number of hydrogen-bond acceptors (Lipinski definition) is 4. The smallest absolute Gasteiger partial charge is 0.262 e. The average Bonchev–Trinajstić information content (AvgIpc) is 2.91. The Bertz CT molecular complexity index is 839. The van der Waals surface area contributed by atoms with Crippen molar-refractivity contribution in [2.75, 3.05) is 32.8 Å². The zero-order chi connectivity index (χ0) is 19.0. The first kappa shape index (κ1) is 18.4. The van der Waals surface area contributed by atoms with Crippen LogP contribution in [0, 0.1) is 0 Å². The summed E-state index contributed by atoms with van der Waals surface area (Å²) < 4.78 is 0. The fourth-order valence-corrected chi connectivity index (χ4v) is 4.08. The van der Waals surface area contributed by atoms with Gasteiger partial charge in [0, 0.05) is 48.3 Å². The average molecular weight is 404 g/mol. The van der Waals surface area contributed by atoms with E-state index in [0.29, 0.717) is 34.4 Å². The first-order valence-corrected chi connectivity index (χ1v) is 9.63. The van der Waals surface area contributed by atoms with E-state index in [1.54, 1.807) is 24.3 Å². The number of amides is 2. The van der Waals surface area contributed by atoms with E-state index in [0.717, 1.165) is 31.7 Å². The number of halogens is 2. The molecule has 2 amide bonds. The molecule has 0 N–H and O–H groups in total. The third kappa shape index (κ3) is 3.60. The van der Waals surface area contributed by atoms with Gasteiger partial charge in [0.2, 0.25) is 0 Å². The summed E-state index contributed by atoms with van der Waals surface area (Å²) in [7, 11) is 0. The fraction of sp³-hybridized carbons (Fsp3) is 0.300. The van der Waals surface area contributed by atoms with Gasteiger partial charge in [0.05, 0.1) is 17.8 Å². The van der Waals surface area contributed by atoms with E-state index >= 15 is 0 Å². The van der Waals surface area contributed by atoms with Crippen molar-refractivity contribution in [3.8, 4) is 0 Å². The second-order valence-corrected chi connectivity index (χ2v) is 7.63. The van der Waals surface area contributed by atoms with Crippen LogP contribution in [0.2, 0.25) is 10.0 Å². The van der Waals surface area contributed by atoms with Gasteiger partial charge < -0.3 is 0 Å². The van der Waals surface area contributed by atoms with Crippen molar-refractivity contribution in [1.82, 2.24) is 14.7 Å². The van der Waals surface area contributed by atoms with Crippen molar-refractivity contribution in [3.63, 3.8) is 0 Å². The molecule has 0 atom stereocenters. The maximum Gasteiger partial charge on any atom is 0.262 e. The minimum Gasteiger partial charge on any atom is -0.296 e. The van der Waals surface area contributed by atoms with Gasteiger partial charge in [-0.3, -0.25) is 24.3 Å². The van der Waals surface area contributed by atoms with E-state index in [9.17, 15) is 9.59 Å². The van der Waals surface area contributed by atoms with E-state index < -0.39 is 0 Å². The standard InChI is InChI=1S/C20H19Cl2N3O2/c21-17-6-3-7-18(22)16(17)12-23-8-10-24(11-9-23)13-25-19(26)14-4-1-2-5-15(14)20(25)27/h1-7H,8-13H2. The second-order valence-electron chi connectivity index (χ2n) is 6.82. The zero-order valence-electron chi connectivity index (χ0n) is 14.7. The Morgan fingerprint density at radius 2 is 1.26 bits per heavy atom. The van der Waals surface area contributed by atoms with Gasteiger partial charge in [-0.1, -0.05) is 41.4 Å². The van der Waals surface area contributed by atoms with Crippen LogP contribution in [0.15, 0.2) is 42.5 Å². The van der Waals surface area contributed by atoms with Gasteiger partial charge in [0.15, 0.2) is 0 Å². The molecule has 2 aromatic rings. The number of nitrogens with zero attached hydrogens (tertiary/aromatic N) is 3. The Balaban J connectivity index is 1.35. The van der Waals surface area contributed by atoms with Gasteiger partial charge in [-0.05, 0) is 24.3 Å². The van der Waals surface area contributed by atoms with Crippen LogP contribution in [0.1, 0.15) is 26.3 Å². The Labute approximate surface area is 168 Å². The van der Waals surface area contributed by atoms with E-state index in [-0.39, 0.29) is 11.8 Å².